The van der Waals surface area contributed by atoms with Gasteiger partial charge in [0.05, 0.1) is 0 Å². The molecule has 1 aromatic heterocycles. The van der Waals surface area contributed by atoms with Crippen molar-refractivity contribution in [2.45, 2.75) is 18.4 Å². The molecule has 0 aliphatic carbocycles. The lowest BCUT2D eigenvalue weighted by molar-refractivity contribution is -0.124. The lowest BCUT2D eigenvalue weighted by Crippen LogP contribution is -2.54. The largest absolute Gasteiger partial charge is 0.381 e. The van der Waals surface area contributed by atoms with Gasteiger partial charge in [0, 0.05) is 19.3 Å². The molecule has 0 bridgehead atoms. The number of H-pyrrole nitrogens is 1. The maximum absolute atomic E-state index is 12.0. The first-order valence-electron chi connectivity index (χ1n) is 5.34. The summed E-state index contributed by atoms with van der Waals surface area (Å²) in [7, 11) is 0. The van der Waals surface area contributed by atoms with Gasteiger partial charge in [-0.25, -0.2) is 5.10 Å². The van der Waals surface area contributed by atoms with E-state index in [9.17, 15) is 9.59 Å². The zero-order chi connectivity index (χ0) is 12.3. The summed E-state index contributed by atoms with van der Waals surface area (Å²) < 4.78 is 5.16. The molecule has 2 rings (SSSR count). The number of nitrogens with two attached hydrogens (primary N) is 1. The zero-order valence-corrected chi connectivity index (χ0v) is 9.23. The lowest BCUT2D eigenvalue weighted by atomic mass is 9.90. The highest BCUT2D eigenvalue weighted by molar-refractivity contribution is 5.97. The van der Waals surface area contributed by atoms with Gasteiger partial charge in [-0.3, -0.25) is 9.59 Å². The normalized spacial score (nSPS) is 18.6. The molecule has 2 heterocycles. The fourth-order valence-corrected chi connectivity index (χ4v) is 1.62. The molecule has 1 amide bonds. The number of carbonyl (C=O) groups excluding carboxylic acids is 1. The second-order valence-electron chi connectivity index (χ2n) is 4.03. The van der Waals surface area contributed by atoms with Crippen LogP contribution in [0.25, 0.3) is 0 Å². The standard InChI is InChI=1S/C10H14N4O3/c11-10(3-5-17-6-4-10)9(16)12-7-1-2-8(15)14-13-7/h1-2H,3-6,11H2,(H,14,15)(H,12,13,16). The molecule has 17 heavy (non-hydrogen) atoms. The van der Waals surface area contributed by atoms with Crippen LogP contribution < -0.4 is 16.6 Å². The van der Waals surface area contributed by atoms with Gasteiger partial charge in [0.2, 0.25) is 5.91 Å². The summed E-state index contributed by atoms with van der Waals surface area (Å²) in [5.41, 5.74) is 4.75. The second-order valence-corrected chi connectivity index (χ2v) is 4.03. The first-order chi connectivity index (χ1) is 8.10. The predicted octanol–water partition coefficient (Wildman–Crippen LogP) is -0.784. The van der Waals surface area contributed by atoms with Crippen LogP contribution >= 0.6 is 0 Å². The quantitative estimate of drug-likeness (QED) is 0.625. The van der Waals surface area contributed by atoms with Gasteiger partial charge in [0.25, 0.3) is 5.56 Å². The third-order valence-electron chi connectivity index (χ3n) is 2.76. The van der Waals surface area contributed by atoms with E-state index in [4.69, 9.17) is 10.5 Å². The van der Waals surface area contributed by atoms with E-state index < -0.39 is 5.54 Å². The molecular formula is C10H14N4O3. The molecule has 1 aromatic rings. The van der Waals surface area contributed by atoms with Gasteiger partial charge in [-0.15, -0.1) is 0 Å². The summed E-state index contributed by atoms with van der Waals surface area (Å²) in [6, 6.07) is 2.72. The molecular weight excluding hydrogens is 224 g/mol. The van der Waals surface area contributed by atoms with Gasteiger partial charge in [-0.05, 0) is 18.9 Å². The number of hydrogen-bond donors (Lipinski definition) is 3. The summed E-state index contributed by atoms with van der Waals surface area (Å²) >= 11 is 0. The molecule has 1 aliphatic heterocycles. The Morgan fingerprint density at radius 2 is 2.18 bits per heavy atom. The molecule has 7 nitrogen and oxygen atoms in total. The lowest BCUT2D eigenvalue weighted by Gasteiger charge is -2.31. The van der Waals surface area contributed by atoms with Crippen molar-refractivity contribution < 1.29 is 9.53 Å². The van der Waals surface area contributed by atoms with Crippen molar-refractivity contribution in [1.82, 2.24) is 10.2 Å². The summed E-state index contributed by atoms with van der Waals surface area (Å²) in [6.07, 6.45) is 0.949. The molecule has 1 aliphatic rings. The number of nitrogens with zero attached hydrogens (tertiary/aromatic N) is 1. The second kappa shape index (κ2) is 4.64. The van der Waals surface area contributed by atoms with E-state index in [1.807, 2.05) is 0 Å². The van der Waals surface area contributed by atoms with E-state index in [0.29, 0.717) is 26.1 Å². The summed E-state index contributed by atoms with van der Waals surface area (Å²) in [6.45, 7) is 0.950. The molecule has 0 spiro atoms. The minimum absolute atomic E-state index is 0.283. The average molecular weight is 238 g/mol. The molecule has 0 atom stereocenters. The van der Waals surface area contributed by atoms with Gasteiger partial charge in [0.15, 0.2) is 5.82 Å². The summed E-state index contributed by atoms with van der Waals surface area (Å²) in [5, 5.41) is 8.50. The van der Waals surface area contributed by atoms with Crippen LogP contribution in [0.5, 0.6) is 0 Å². The van der Waals surface area contributed by atoms with Crippen molar-refractivity contribution in [3.63, 3.8) is 0 Å². The Balaban J connectivity index is 2.05. The van der Waals surface area contributed by atoms with E-state index in [1.165, 1.54) is 12.1 Å². The molecule has 0 aromatic carbocycles. The van der Waals surface area contributed by atoms with Gasteiger partial charge in [-0.2, -0.15) is 5.10 Å². The maximum Gasteiger partial charge on any atom is 0.264 e. The van der Waals surface area contributed by atoms with E-state index in [-0.39, 0.29) is 17.3 Å². The number of anilines is 1. The Labute approximate surface area is 97.3 Å². The Hall–Kier alpha value is -1.73. The molecule has 1 fully saturated rings. The smallest absolute Gasteiger partial charge is 0.264 e. The van der Waals surface area contributed by atoms with Crippen molar-refractivity contribution in [1.29, 1.82) is 0 Å². The summed E-state index contributed by atoms with van der Waals surface area (Å²) in [5.74, 6) is -0.0220. The van der Waals surface area contributed by atoms with E-state index in [0.717, 1.165) is 0 Å². The van der Waals surface area contributed by atoms with Crippen LogP contribution in [0, 0.1) is 0 Å². The van der Waals surface area contributed by atoms with Gasteiger partial charge < -0.3 is 15.8 Å². The topological polar surface area (TPSA) is 110 Å². The van der Waals surface area contributed by atoms with Crippen LogP contribution in [-0.4, -0.2) is 34.9 Å². The van der Waals surface area contributed by atoms with Gasteiger partial charge >= 0.3 is 0 Å². The minimum atomic E-state index is -0.921. The number of aromatic nitrogens is 2. The first kappa shape index (κ1) is 11.7. The molecule has 92 valence electrons. The van der Waals surface area contributed by atoms with Crippen molar-refractivity contribution in [2.24, 2.45) is 5.73 Å². The molecule has 0 radical (unpaired) electrons. The summed E-state index contributed by atoms with van der Waals surface area (Å²) in [4.78, 5) is 22.8. The van der Waals surface area contributed by atoms with Gasteiger partial charge in [-0.1, -0.05) is 0 Å². The number of amides is 1. The van der Waals surface area contributed by atoms with Crippen LogP contribution in [0.2, 0.25) is 0 Å². The van der Waals surface area contributed by atoms with Crippen molar-refractivity contribution >= 4 is 11.7 Å². The number of nitrogens with one attached hydrogen (secondary N) is 2. The van der Waals surface area contributed by atoms with E-state index in [1.54, 1.807) is 0 Å². The molecule has 7 heteroatoms. The molecule has 0 saturated carbocycles. The van der Waals surface area contributed by atoms with Crippen LogP contribution in [-0.2, 0) is 9.53 Å². The fourth-order valence-electron chi connectivity index (χ4n) is 1.62. The predicted molar refractivity (Wildman–Crippen MR) is 60.5 cm³/mol. The third kappa shape index (κ3) is 2.69. The van der Waals surface area contributed by atoms with Crippen LogP contribution in [0.15, 0.2) is 16.9 Å². The highest BCUT2D eigenvalue weighted by Gasteiger charge is 2.36. The number of carbonyl (C=O) groups is 1. The number of aromatic amines is 1. The Bertz CT molecular complexity index is 444. The van der Waals surface area contributed by atoms with Crippen molar-refractivity contribution in [3.05, 3.63) is 22.5 Å². The van der Waals surface area contributed by atoms with Crippen molar-refractivity contribution in [3.8, 4) is 0 Å². The van der Waals surface area contributed by atoms with Crippen molar-refractivity contribution in [2.75, 3.05) is 18.5 Å². The van der Waals surface area contributed by atoms with Crippen LogP contribution in [0.1, 0.15) is 12.8 Å². The molecule has 0 unspecified atom stereocenters. The highest BCUT2D eigenvalue weighted by atomic mass is 16.5. The number of rotatable bonds is 2. The molecule has 4 N–H and O–H groups in total. The number of hydrogen-bond acceptors (Lipinski definition) is 5. The van der Waals surface area contributed by atoms with E-state index >= 15 is 0 Å². The number of ether oxygens (including phenoxy) is 1. The molecule has 1 saturated heterocycles. The van der Waals surface area contributed by atoms with Gasteiger partial charge in [0.1, 0.15) is 5.54 Å². The third-order valence-corrected chi connectivity index (χ3v) is 2.76. The fraction of sp³-hybridized carbons (Fsp3) is 0.500. The maximum atomic E-state index is 12.0. The minimum Gasteiger partial charge on any atom is -0.381 e. The zero-order valence-electron chi connectivity index (χ0n) is 9.23. The average Bonchev–Trinajstić information content (AvgIpc) is 2.33. The Kier molecular flexibility index (Phi) is 3.21. The highest BCUT2D eigenvalue weighted by Crippen LogP contribution is 2.19. The Morgan fingerprint density at radius 1 is 1.47 bits per heavy atom. The van der Waals surface area contributed by atoms with Crippen LogP contribution in [0.4, 0.5) is 5.82 Å². The van der Waals surface area contributed by atoms with E-state index in [2.05, 4.69) is 15.5 Å². The van der Waals surface area contributed by atoms with Crippen LogP contribution in [0.3, 0.4) is 0 Å². The monoisotopic (exact) mass is 238 g/mol. The SMILES string of the molecule is NC1(C(=O)Nc2ccc(=O)[nH]n2)CCOCC1. The Morgan fingerprint density at radius 3 is 2.76 bits per heavy atom. The first-order valence-corrected chi connectivity index (χ1v) is 5.34.